The van der Waals surface area contributed by atoms with Gasteiger partial charge in [-0.05, 0) is 97.1 Å². The van der Waals surface area contributed by atoms with Crippen LogP contribution in [0.1, 0.15) is 41.4 Å². The summed E-state index contributed by atoms with van der Waals surface area (Å²) in [6, 6.07) is 26.2. The normalized spacial score (nSPS) is 12.3. The summed E-state index contributed by atoms with van der Waals surface area (Å²) in [5, 5.41) is 12.7. The van der Waals surface area contributed by atoms with E-state index in [-0.39, 0.29) is 23.8 Å². The third kappa shape index (κ3) is 9.26. The molecular formula is C38H36N16O4. The Morgan fingerprint density at radius 1 is 0.362 bits per heavy atom. The quantitative estimate of drug-likeness (QED) is 0.0788. The molecule has 0 bridgehead atoms. The Morgan fingerprint density at radius 3 is 0.759 bits per heavy atom. The molecule has 0 spiro atoms. The fourth-order valence-corrected chi connectivity index (χ4v) is 5.73. The minimum Gasteiger partial charge on any atom is -0.366 e. The standard InChI is InChI=1S/C38H36N16O4/c39-29(55)21-1-9-25(10-2-21)43-33-47-34(44-26-11-3-22(4-12-26)30(40)56)50-37(49-33)53-17-19-54(20-18-53)38-51-35(45-27-13-5-23(6-14-27)31(41)57)48-36(52-38)46-28-15-7-24(8-16-28)32(42)58/h1-16H,17-20H2,(H2,39,55)(H2,40,56)(H2,41,57)(H2,42,58)(H2,43,44,47,49,50)(H2,45,46,48,51,52). The van der Waals surface area contributed by atoms with Gasteiger partial charge in [-0.3, -0.25) is 19.2 Å². The minimum atomic E-state index is -0.549. The molecule has 0 aliphatic carbocycles. The van der Waals surface area contributed by atoms with Crippen LogP contribution in [0.3, 0.4) is 0 Å². The summed E-state index contributed by atoms with van der Waals surface area (Å²) < 4.78 is 0. The van der Waals surface area contributed by atoms with Crippen LogP contribution in [0.25, 0.3) is 0 Å². The first-order valence-electron chi connectivity index (χ1n) is 17.7. The molecule has 1 aliphatic rings. The largest absolute Gasteiger partial charge is 0.366 e. The van der Waals surface area contributed by atoms with Gasteiger partial charge in [0.2, 0.25) is 59.3 Å². The van der Waals surface area contributed by atoms with Gasteiger partial charge in [-0.2, -0.15) is 29.9 Å². The number of nitrogens with one attached hydrogen (secondary N) is 4. The molecule has 7 rings (SSSR count). The minimum absolute atomic E-state index is 0.229. The van der Waals surface area contributed by atoms with E-state index in [1.165, 1.54) is 0 Å². The Hall–Kier alpha value is -8.42. The highest BCUT2D eigenvalue weighted by Crippen LogP contribution is 2.25. The van der Waals surface area contributed by atoms with Crippen molar-refractivity contribution in [2.45, 2.75) is 0 Å². The number of aromatic nitrogens is 6. The summed E-state index contributed by atoms with van der Waals surface area (Å²) in [7, 11) is 0. The number of amides is 4. The predicted molar refractivity (Wildman–Crippen MR) is 217 cm³/mol. The van der Waals surface area contributed by atoms with Crippen molar-refractivity contribution < 1.29 is 19.2 Å². The number of benzene rings is 4. The molecule has 2 aromatic heterocycles. The second-order valence-electron chi connectivity index (χ2n) is 12.8. The van der Waals surface area contributed by atoms with Crippen molar-refractivity contribution in [1.29, 1.82) is 0 Å². The van der Waals surface area contributed by atoms with Gasteiger partial charge in [-0.15, -0.1) is 0 Å². The van der Waals surface area contributed by atoms with Gasteiger partial charge in [0.05, 0.1) is 0 Å². The van der Waals surface area contributed by atoms with Crippen molar-refractivity contribution in [3.8, 4) is 0 Å². The Morgan fingerprint density at radius 2 is 0.569 bits per heavy atom. The van der Waals surface area contributed by atoms with Crippen LogP contribution in [0, 0.1) is 0 Å². The van der Waals surface area contributed by atoms with E-state index in [1.807, 2.05) is 9.80 Å². The van der Waals surface area contributed by atoms with E-state index >= 15 is 0 Å². The average molecular weight is 781 g/mol. The van der Waals surface area contributed by atoms with Gasteiger partial charge in [0.15, 0.2) is 0 Å². The maximum atomic E-state index is 11.6. The highest BCUT2D eigenvalue weighted by molar-refractivity contribution is 5.94. The molecule has 3 heterocycles. The van der Waals surface area contributed by atoms with Crippen molar-refractivity contribution in [3.63, 3.8) is 0 Å². The van der Waals surface area contributed by atoms with E-state index in [1.54, 1.807) is 97.1 Å². The summed E-state index contributed by atoms with van der Waals surface area (Å²) in [5.41, 5.74) is 25.5. The number of nitrogens with two attached hydrogens (primary N) is 4. The molecule has 20 nitrogen and oxygen atoms in total. The zero-order valence-electron chi connectivity index (χ0n) is 30.6. The molecule has 1 aliphatic heterocycles. The Bertz CT molecular complexity index is 2140. The van der Waals surface area contributed by atoms with Gasteiger partial charge in [0.25, 0.3) is 0 Å². The molecule has 1 fully saturated rings. The van der Waals surface area contributed by atoms with E-state index < -0.39 is 23.6 Å². The summed E-state index contributed by atoms with van der Waals surface area (Å²) in [6.07, 6.45) is 0. The monoisotopic (exact) mass is 780 g/mol. The number of carbonyl (C=O) groups is 4. The van der Waals surface area contributed by atoms with Crippen LogP contribution < -0.4 is 54.0 Å². The van der Waals surface area contributed by atoms with Gasteiger partial charge in [0, 0.05) is 71.2 Å². The molecule has 0 saturated carbocycles. The predicted octanol–water partition coefficient (Wildman–Crippen LogP) is 2.75. The van der Waals surface area contributed by atoms with Crippen molar-refractivity contribution in [3.05, 3.63) is 119 Å². The Balaban J connectivity index is 1.13. The third-order valence-corrected chi connectivity index (χ3v) is 8.79. The first kappa shape index (κ1) is 37.9. The fourth-order valence-electron chi connectivity index (χ4n) is 5.73. The topological polar surface area (TPSA) is 304 Å². The van der Waals surface area contributed by atoms with Crippen LogP contribution in [0.4, 0.5) is 58.4 Å². The molecule has 0 radical (unpaired) electrons. The molecule has 4 aromatic carbocycles. The van der Waals surface area contributed by atoms with Gasteiger partial charge in [0.1, 0.15) is 0 Å². The molecule has 4 amide bonds. The maximum absolute atomic E-state index is 11.6. The van der Waals surface area contributed by atoms with E-state index in [9.17, 15) is 19.2 Å². The molecule has 12 N–H and O–H groups in total. The van der Waals surface area contributed by atoms with E-state index in [2.05, 4.69) is 31.2 Å². The number of piperazine rings is 1. The van der Waals surface area contributed by atoms with Crippen LogP contribution in [-0.4, -0.2) is 79.7 Å². The van der Waals surface area contributed by atoms with Crippen molar-refractivity contribution in [1.82, 2.24) is 29.9 Å². The van der Waals surface area contributed by atoms with Gasteiger partial charge >= 0.3 is 0 Å². The lowest BCUT2D eigenvalue weighted by Gasteiger charge is -2.35. The molecule has 20 heteroatoms. The lowest BCUT2D eigenvalue weighted by atomic mass is 10.2. The summed E-state index contributed by atoms with van der Waals surface area (Å²) in [4.78, 5) is 78.3. The lowest BCUT2D eigenvalue weighted by Crippen LogP contribution is -2.48. The molecule has 0 unspecified atom stereocenters. The third-order valence-electron chi connectivity index (χ3n) is 8.79. The zero-order chi connectivity index (χ0) is 40.8. The first-order chi connectivity index (χ1) is 27.9. The number of anilines is 10. The molecule has 292 valence electrons. The van der Waals surface area contributed by atoms with Gasteiger partial charge in [-0.1, -0.05) is 0 Å². The second kappa shape index (κ2) is 16.5. The first-order valence-corrected chi connectivity index (χ1v) is 17.7. The molecular weight excluding hydrogens is 745 g/mol. The Kier molecular flexibility index (Phi) is 10.8. The molecule has 1 saturated heterocycles. The maximum Gasteiger partial charge on any atom is 0.248 e. The number of hydrogen-bond acceptors (Lipinski definition) is 16. The number of hydrogen-bond donors (Lipinski definition) is 8. The molecule has 58 heavy (non-hydrogen) atoms. The molecule has 0 atom stereocenters. The summed E-state index contributed by atoms with van der Waals surface area (Å²) >= 11 is 0. The van der Waals surface area contributed by atoms with Gasteiger partial charge < -0.3 is 54.0 Å². The average Bonchev–Trinajstić information content (AvgIpc) is 3.21. The smallest absolute Gasteiger partial charge is 0.248 e. The van der Waals surface area contributed by atoms with Crippen LogP contribution in [0.5, 0.6) is 0 Å². The number of nitrogens with zero attached hydrogens (tertiary/aromatic N) is 8. The number of primary amides is 4. The summed E-state index contributed by atoms with van der Waals surface area (Å²) in [6.45, 7) is 1.85. The van der Waals surface area contributed by atoms with Crippen LogP contribution in [0.15, 0.2) is 97.1 Å². The van der Waals surface area contributed by atoms with Crippen molar-refractivity contribution in [2.75, 3.05) is 57.2 Å². The van der Waals surface area contributed by atoms with Crippen LogP contribution >= 0.6 is 0 Å². The SMILES string of the molecule is NC(=O)c1ccc(Nc2nc(Nc3ccc(C(N)=O)cc3)nc(N3CCN(c4nc(Nc5ccc(C(N)=O)cc5)nc(Nc5ccc(C(N)=O)cc5)n4)CC3)n2)cc1. The Labute approximate surface area is 330 Å². The lowest BCUT2D eigenvalue weighted by molar-refractivity contribution is 0.0992. The van der Waals surface area contributed by atoms with E-state index in [0.29, 0.717) is 83.1 Å². The highest BCUT2D eigenvalue weighted by Gasteiger charge is 2.24. The van der Waals surface area contributed by atoms with Crippen LogP contribution in [0.2, 0.25) is 0 Å². The van der Waals surface area contributed by atoms with Gasteiger partial charge in [-0.25, -0.2) is 0 Å². The van der Waals surface area contributed by atoms with Crippen molar-refractivity contribution >= 4 is 82.1 Å². The number of carbonyl (C=O) groups excluding carboxylic acids is 4. The second-order valence-corrected chi connectivity index (χ2v) is 12.8. The van der Waals surface area contributed by atoms with Crippen molar-refractivity contribution in [2.24, 2.45) is 22.9 Å². The molecule has 6 aromatic rings. The zero-order valence-corrected chi connectivity index (χ0v) is 30.6. The fraction of sp³-hybridized carbons (Fsp3) is 0.105. The van der Waals surface area contributed by atoms with E-state index in [0.717, 1.165) is 0 Å². The number of rotatable bonds is 14. The van der Waals surface area contributed by atoms with E-state index in [4.69, 9.17) is 42.9 Å². The van der Waals surface area contributed by atoms with Crippen LogP contribution in [-0.2, 0) is 0 Å². The highest BCUT2D eigenvalue weighted by atomic mass is 16.2. The summed E-state index contributed by atoms with van der Waals surface area (Å²) in [5.74, 6) is -0.529.